The van der Waals surface area contributed by atoms with Gasteiger partial charge in [-0.05, 0) is 30.7 Å². The number of aromatic nitrogens is 1. The van der Waals surface area contributed by atoms with Crippen molar-refractivity contribution in [1.29, 1.82) is 0 Å². The van der Waals surface area contributed by atoms with Gasteiger partial charge in [-0.1, -0.05) is 0 Å². The average Bonchev–Trinajstić information content (AvgIpc) is 2.60. The Bertz CT molecular complexity index is 626. The molecule has 86 valence electrons. The van der Waals surface area contributed by atoms with Crippen molar-refractivity contribution in [3.05, 3.63) is 30.0 Å². The first-order valence-electron chi connectivity index (χ1n) is 4.93. The summed E-state index contributed by atoms with van der Waals surface area (Å²) in [6.07, 6.45) is 1.87. The number of rotatable bonds is 2. The van der Waals surface area contributed by atoms with E-state index < -0.39 is 10.0 Å². The fourth-order valence-corrected chi connectivity index (χ4v) is 2.54. The maximum absolute atomic E-state index is 11.9. The van der Waals surface area contributed by atoms with Gasteiger partial charge in [-0.2, -0.15) is 0 Å². The second kappa shape index (κ2) is 3.61. The summed E-state index contributed by atoms with van der Waals surface area (Å²) < 4.78 is 25.1. The Morgan fingerprint density at radius 1 is 1.25 bits per heavy atom. The molecular formula is C11H14N2O2S. The maximum Gasteiger partial charge on any atom is 0.242 e. The van der Waals surface area contributed by atoms with Crippen molar-refractivity contribution in [3.63, 3.8) is 0 Å². The van der Waals surface area contributed by atoms with Gasteiger partial charge in [0, 0.05) is 31.2 Å². The highest BCUT2D eigenvalue weighted by Crippen LogP contribution is 2.22. The lowest BCUT2D eigenvalue weighted by molar-refractivity contribution is 0.521. The molecule has 1 heterocycles. The quantitative estimate of drug-likeness (QED) is 0.866. The summed E-state index contributed by atoms with van der Waals surface area (Å²) in [4.78, 5) is 3.41. The Morgan fingerprint density at radius 3 is 2.56 bits per heavy atom. The van der Waals surface area contributed by atoms with Crippen LogP contribution in [0.4, 0.5) is 0 Å². The molecule has 0 saturated heterocycles. The Morgan fingerprint density at radius 2 is 1.94 bits per heavy atom. The number of hydrogen-bond acceptors (Lipinski definition) is 2. The van der Waals surface area contributed by atoms with E-state index in [-0.39, 0.29) is 0 Å². The lowest BCUT2D eigenvalue weighted by Crippen LogP contribution is -2.22. The van der Waals surface area contributed by atoms with Crippen LogP contribution in [0.5, 0.6) is 0 Å². The zero-order valence-corrected chi connectivity index (χ0v) is 10.3. The van der Waals surface area contributed by atoms with Gasteiger partial charge in [0.25, 0.3) is 0 Å². The van der Waals surface area contributed by atoms with Crippen LogP contribution in [-0.2, 0) is 10.0 Å². The van der Waals surface area contributed by atoms with E-state index in [9.17, 15) is 8.42 Å². The number of H-pyrrole nitrogens is 1. The van der Waals surface area contributed by atoms with E-state index in [0.29, 0.717) is 4.90 Å². The molecule has 0 unspecified atom stereocenters. The van der Waals surface area contributed by atoms with Gasteiger partial charge in [-0.15, -0.1) is 0 Å². The molecule has 2 aromatic rings. The van der Waals surface area contributed by atoms with Crippen molar-refractivity contribution < 1.29 is 8.42 Å². The van der Waals surface area contributed by atoms with Crippen LogP contribution in [0.15, 0.2) is 29.3 Å². The van der Waals surface area contributed by atoms with E-state index in [0.717, 1.165) is 16.5 Å². The van der Waals surface area contributed by atoms with Gasteiger partial charge in [0.2, 0.25) is 10.0 Å². The zero-order valence-electron chi connectivity index (χ0n) is 9.48. The van der Waals surface area contributed by atoms with Gasteiger partial charge in [0.1, 0.15) is 0 Å². The Hall–Kier alpha value is -1.33. The van der Waals surface area contributed by atoms with Crippen LogP contribution in [0.1, 0.15) is 5.56 Å². The molecule has 0 saturated carbocycles. The van der Waals surface area contributed by atoms with E-state index in [2.05, 4.69) is 4.98 Å². The number of aryl methyl sites for hydroxylation is 1. The number of nitrogens with zero attached hydrogens (tertiary/aromatic N) is 1. The van der Waals surface area contributed by atoms with Crippen LogP contribution in [0.25, 0.3) is 10.9 Å². The summed E-state index contributed by atoms with van der Waals surface area (Å²) in [5.41, 5.74) is 2.00. The summed E-state index contributed by atoms with van der Waals surface area (Å²) >= 11 is 0. The number of sulfonamides is 1. The summed E-state index contributed by atoms with van der Waals surface area (Å²) in [6.45, 7) is 1.95. The molecule has 0 fully saturated rings. The van der Waals surface area contributed by atoms with E-state index in [1.807, 2.05) is 13.1 Å². The molecule has 0 radical (unpaired) electrons. The van der Waals surface area contributed by atoms with Crippen LogP contribution in [0, 0.1) is 6.92 Å². The third kappa shape index (κ3) is 1.62. The van der Waals surface area contributed by atoms with E-state index >= 15 is 0 Å². The second-order valence-corrected chi connectivity index (χ2v) is 6.12. The molecular weight excluding hydrogens is 224 g/mol. The van der Waals surface area contributed by atoms with Crippen molar-refractivity contribution in [2.45, 2.75) is 11.8 Å². The molecule has 0 atom stereocenters. The highest BCUT2D eigenvalue weighted by molar-refractivity contribution is 7.89. The minimum atomic E-state index is -3.34. The molecule has 0 aliphatic carbocycles. The molecule has 0 bridgehead atoms. The first-order valence-corrected chi connectivity index (χ1v) is 6.37. The molecule has 0 amide bonds. The van der Waals surface area contributed by atoms with Gasteiger partial charge in [-0.25, -0.2) is 12.7 Å². The second-order valence-electron chi connectivity index (χ2n) is 3.97. The summed E-state index contributed by atoms with van der Waals surface area (Å²) in [5, 5.41) is 0.947. The lowest BCUT2D eigenvalue weighted by atomic mass is 10.2. The van der Waals surface area contributed by atoms with Gasteiger partial charge < -0.3 is 4.98 Å². The number of hydrogen-bond donors (Lipinski definition) is 1. The van der Waals surface area contributed by atoms with Crippen molar-refractivity contribution in [2.75, 3.05) is 14.1 Å². The topological polar surface area (TPSA) is 53.2 Å². The molecule has 0 spiro atoms. The number of nitrogens with one attached hydrogen (secondary N) is 1. The minimum Gasteiger partial charge on any atom is -0.361 e. The van der Waals surface area contributed by atoms with Crippen molar-refractivity contribution >= 4 is 20.9 Å². The van der Waals surface area contributed by atoms with Crippen molar-refractivity contribution in [1.82, 2.24) is 9.29 Å². The molecule has 2 rings (SSSR count). The van der Waals surface area contributed by atoms with Gasteiger partial charge in [0.05, 0.1) is 4.90 Å². The minimum absolute atomic E-state index is 0.327. The molecule has 1 aromatic carbocycles. The van der Waals surface area contributed by atoms with E-state index in [1.165, 1.54) is 18.4 Å². The molecule has 16 heavy (non-hydrogen) atoms. The SMILES string of the molecule is Cc1c[nH]c2ccc(S(=O)(=O)N(C)C)cc12. The molecule has 4 nitrogen and oxygen atoms in total. The van der Waals surface area contributed by atoms with E-state index in [1.54, 1.807) is 18.2 Å². The molecule has 0 aliphatic rings. The first-order chi connectivity index (χ1) is 7.43. The largest absolute Gasteiger partial charge is 0.361 e. The Balaban J connectivity index is 2.68. The Kier molecular flexibility index (Phi) is 2.52. The summed E-state index contributed by atoms with van der Waals surface area (Å²) in [7, 11) is -0.281. The van der Waals surface area contributed by atoms with Crippen LogP contribution >= 0.6 is 0 Å². The fraction of sp³-hybridized carbons (Fsp3) is 0.273. The standard InChI is InChI=1S/C11H14N2O2S/c1-8-7-12-11-5-4-9(6-10(8)11)16(14,15)13(2)3/h4-7,12H,1-3H3. The van der Waals surface area contributed by atoms with Crippen molar-refractivity contribution in [3.8, 4) is 0 Å². The van der Waals surface area contributed by atoms with Gasteiger partial charge >= 0.3 is 0 Å². The highest BCUT2D eigenvalue weighted by Gasteiger charge is 2.17. The lowest BCUT2D eigenvalue weighted by Gasteiger charge is -2.11. The van der Waals surface area contributed by atoms with Crippen LogP contribution in [0.3, 0.4) is 0 Å². The van der Waals surface area contributed by atoms with Crippen molar-refractivity contribution in [2.24, 2.45) is 0 Å². The van der Waals surface area contributed by atoms with Crippen LogP contribution < -0.4 is 0 Å². The van der Waals surface area contributed by atoms with Gasteiger partial charge in [0.15, 0.2) is 0 Å². The summed E-state index contributed by atoms with van der Waals surface area (Å²) in [6, 6.07) is 5.11. The highest BCUT2D eigenvalue weighted by atomic mass is 32.2. The molecule has 0 aliphatic heterocycles. The average molecular weight is 238 g/mol. The smallest absolute Gasteiger partial charge is 0.242 e. The Labute approximate surface area is 94.9 Å². The van der Waals surface area contributed by atoms with Crippen LogP contribution in [0.2, 0.25) is 0 Å². The monoisotopic (exact) mass is 238 g/mol. The third-order valence-electron chi connectivity index (χ3n) is 2.64. The maximum atomic E-state index is 11.9. The molecule has 1 N–H and O–H groups in total. The number of fused-ring (bicyclic) bond motifs is 1. The predicted molar refractivity (Wildman–Crippen MR) is 63.9 cm³/mol. The van der Waals surface area contributed by atoms with Crippen LogP contribution in [-0.4, -0.2) is 31.8 Å². The zero-order chi connectivity index (χ0) is 11.9. The number of aromatic amines is 1. The number of benzene rings is 1. The normalized spacial score (nSPS) is 12.5. The molecule has 1 aromatic heterocycles. The summed E-state index contributed by atoms with van der Waals surface area (Å²) in [5.74, 6) is 0. The van der Waals surface area contributed by atoms with Gasteiger partial charge in [-0.3, -0.25) is 0 Å². The predicted octanol–water partition coefficient (Wildman–Crippen LogP) is 1.73. The molecule has 5 heteroatoms. The van der Waals surface area contributed by atoms with E-state index in [4.69, 9.17) is 0 Å². The first kappa shape index (κ1) is 11.2. The third-order valence-corrected chi connectivity index (χ3v) is 4.45. The fourth-order valence-electron chi connectivity index (χ4n) is 1.61.